The number of halogens is 3. The first-order valence-corrected chi connectivity index (χ1v) is 21.9. The number of nitrogens with zero attached hydrogens (tertiary/aromatic N) is 3. The van der Waals surface area contributed by atoms with Gasteiger partial charge in [-0.25, -0.2) is 0 Å². The van der Waals surface area contributed by atoms with Crippen molar-refractivity contribution >= 4 is 33.0 Å². The summed E-state index contributed by atoms with van der Waals surface area (Å²) >= 11 is 0. The number of hydrogen-bond donors (Lipinski definition) is 0. The molecule has 4 nitrogen and oxygen atoms in total. The van der Waals surface area contributed by atoms with Crippen molar-refractivity contribution in [3.05, 3.63) is 199 Å². The Bertz CT molecular complexity index is 3230. The van der Waals surface area contributed by atoms with Crippen molar-refractivity contribution in [2.75, 3.05) is 0 Å². The van der Waals surface area contributed by atoms with Crippen LogP contribution in [0.5, 0.6) is 0 Å². The molecule has 10 rings (SSSR count). The molecule has 3 heterocycles. The van der Waals surface area contributed by atoms with Gasteiger partial charge in [0, 0.05) is 37.4 Å². The number of furan rings is 1. The van der Waals surface area contributed by atoms with Gasteiger partial charge in [0.2, 0.25) is 0 Å². The van der Waals surface area contributed by atoms with Crippen LogP contribution >= 0.6 is 0 Å². The fourth-order valence-electron chi connectivity index (χ4n) is 8.41. The maximum atomic E-state index is 12.9. The third-order valence-corrected chi connectivity index (χ3v) is 12.3. The van der Waals surface area contributed by atoms with E-state index in [2.05, 4.69) is 159 Å². The van der Waals surface area contributed by atoms with Crippen molar-refractivity contribution in [2.24, 2.45) is 0 Å². The first kappa shape index (κ1) is 45.9. The van der Waals surface area contributed by atoms with Gasteiger partial charge >= 0.3 is 6.18 Å². The fraction of sp³-hybridized carbons (Fsp3) is 0.172. The maximum Gasteiger partial charge on any atom is 0.390 e. The maximum absolute atomic E-state index is 12.9. The number of hydrogen-bond acceptors (Lipinski definition) is 3. The third-order valence-electron chi connectivity index (χ3n) is 12.3. The molecule has 3 aromatic heterocycles. The fourth-order valence-corrected chi connectivity index (χ4v) is 8.41. The Hall–Kier alpha value is -6.60. The summed E-state index contributed by atoms with van der Waals surface area (Å²) in [6, 6.07) is 61.3. The molecule has 7 aromatic carbocycles. The first-order chi connectivity index (χ1) is 31.3. The number of fused-ring (bicyclic) bond motifs is 4. The van der Waals surface area contributed by atoms with Gasteiger partial charge in [-0.15, -0.1) is 53.6 Å². The van der Waals surface area contributed by atoms with Gasteiger partial charge in [-0.2, -0.15) is 13.2 Å². The summed E-state index contributed by atoms with van der Waals surface area (Å²) in [6.07, 6.45) is -2.65. The number of alkyl halides is 3. The van der Waals surface area contributed by atoms with Gasteiger partial charge in [-0.3, -0.25) is 4.98 Å². The Morgan fingerprint density at radius 2 is 1.24 bits per heavy atom. The van der Waals surface area contributed by atoms with Gasteiger partial charge in [0.15, 0.2) is 0 Å². The largest absolute Gasteiger partial charge is 0.501 e. The molecule has 0 fully saturated rings. The average Bonchev–Trinajstić information content (AvgIpc) is 3.90. The predicted molar refractivity (Wildman–Crippen MR) is 259 cm³/mol. The van der Waals surface area contributed by atoms with E-state index >= 15 is 0 Å². The molecule has 0 saturated carbocycles. The van der Waals surface area contributed by atoms with Crippen LogP contribution in [0.3, 0.4) is 0 Å². The Labute approximate surface area is 397 Å². The van der Waals surface area contributed by atoms with E-state index in [0.29, 0.717) is 11.3 Å². The second-order valence-electron chi connectivity index (χ2n) is 17.5. The van der Waals surface area contributed by atoms with Crippen LogP contribution in [0.4, 0.5) is 13.2 Å². The topological polar surface area (TPSA) is 43.9 Å². The molecule has 0 spiro atoms. The normalized spacial score (nSPS) is 11.9. The summed E-state index contributed by atoms with van der Waals surface area (Å²) in [4.78, 5) is 9.41. The van der Waals surface area contributed by atoms with Crippen LogP contribution in [0, 0.1) is 12.1 Å². The molecule has 0 N–H and O–H groups in total. The summed E-state index contributed by atoms with van der Waals surface area (Å²) in [5, 5.41) is 2.18. The molecule has 0 aliphatic rings. The number of pyridine rings is 1. The Morgan fingerprint density at radius 3 is 1.88 bits per heavy atom. The van der Waals surface area contributed by atoms with E-state index in [4.69, 9.17) is 9.40 Å². The molecular weight excluding hydrogens is 1000 g/mol. The van der Waals surface area contributed by atoms with Crippen LogP contribution in [0.25, 0.3) is 83.6 Å². The molecule has 0 aliphatic carbocycles. The van der Waals surface area contributed by atoms with Gasteiger partial charge in [0.25, 0.3) is 0 Å². The summed E-state index contributed by atoms with van der Waals surface area (Å²) < 4.78 is 47.6. The minimum absolute atomic E-state index is 0. The zero-order valence-corrected chi connectivity index (χ0v) is 39.9. The SMILES string of the molecule is CC(C)(c1c[c-]c(-c2ccccn2)cc1)C(F)(F)F.CC(C)c1cc(-c2ccc(-c3ccccc3)cc2)cc(C(C)C)c1-n1c(-c2[c-]ccc3c2oc2ccccc23)nc2ccccc21.[Ir]. The standard InChI is InChI=1S/C43H35N2O.C15H13F3N.Ir/c1-27(2)36-25-32(31-23-21-30(22-24-31)29-13-6-5-7-14-29)26-37(28(3)4)41(36)45-39-19-10-9-18-38(39)44-43(45)35-17-12-16-34-33-15-8-11-20-40(33)46-42(34)35;1-14(2,15(16,17)18)12-8-6-11(7-9-12)13-5-3-4-10-19-13;/h5-16,18-28H,1-4H3;3-6,8-10H,1-2H3;/q2*-1;. The molecule has 8 heteroatoms. The second kappa shape index (κ2) is 18.7. The zero-order valence-electron chi connectivity index (χ0n) is 37.5. The quantitative estimate of drug-likeness (QED) is 0.142. The number of aromatic nitrogens is 3. The van der Waals surface area contributed by atoms with Crippen LogP contribution in [0.15, 0.2) is 174 Å². The molecule has 0 amide bonds. The van der Waals surface area contributed by atoms with Crippen molar-refractivity contribution < 1.29 is 37.7 Å². The van der Waals surface area contributed by atoms with Crippen molar-refractivity contribution in [2.45, 2.75) is 65.0 Å². The Morgan fingerprint density at radius 1 is 0.621 bits per heavy atom. The van der Waals surface area contributed by atoms with Crippen molar-refractivity contribution in [3.63, 3.8) is 0 Å². The van der Waals surface area contributed by atoms with Gasteiger partial charge in [-0.05, 0) is 87.3 Å². The monoisotopic (exact) mass is 1050 g/mol. The summed E-state index contributed by atoms with van der Waals surface area (Å²) in [5.41, 5.74) is 12.9. The molecular formula is C58H48F3IrN3O-2. The Balaban J connectivity index is 0.000000249. The van der Waals surface area contributed by atoms with Gasteiger partial charge in [0.05, 0.1) is 27.9 Å². The van der Waals surface area contributed by atoms with E-state index in [1.165, 1.54) is 51.2 Å². The molecule has 0 atom stereocenters. The molecule has 0 aliphatic heterocycles. The number of imidazole rings is 1. The van der Waals surface area contributed by atoms with E-state index in [9.17, 15) is 13.2 Å². The van der Waals surface area contributed by atoms with Crippen molar-refractivity contribution in [1.82, 2.24) is 14.5 Å². The van der Waals surface area contributed by atoms with E-state index in [1.54, 1.807) is 24.4 Å². The van der Waals surface area contributed by atoms with Crippen LogP contribution in [-0.4, -0.2) is 20.7 Å². The van der Waals surface area contributed by atoms with Crippen LogP contribution < -0.4 is 0 Å². The van der Waals surface area contributed by atoms with Gasteiger partial charge in [-0.1, -0.05) is 150 Å². The third kappa shape index (κ3) is 8.76. The van der Waals surface area contributed by atoms with Crippen LogP contribution in [0.2, 0.25) is 0 Å². The number of para-hydroxylation sites is 3. The van der Waals surface area contributed by atoms with E-state index < -0.39 is 11.6 Å². The number of benzene rings is 7. The molecule has 333 valence electrons. The molecule has 66 heavy (non-hydrogen) atoms. The molecule has 1 radical (unpaired) electrons. The minimum Gasteiger partial charge on any atom is -0.501 e. The van der Waals surface area contributed by atoms with Crippen molar-refractivity contribution in [3.8, 4) is 50.6 Å². The summed E-state index contributed by atoms with van der Waals surface area (Å²) in [7, 11) is 0. The molecule has 0 unspecified atom stereocenters. The van der Waals surface area contributed by atoms with Gasteiger partial charge in [0.1, 0.15) is 5.58 Å². The van der Waals surface area contributed by atoms with Crippen LogP contribution in [0.1, 0.15) is 70.1 Å². The first-order valence-electron chi connectivity index (χ1n) is 21.9. The van der Waals surface area contributed by atoms with Crippen molar-refractivity contribution in [1.29, 1.82) is 0 Å². The Kier molecular flexibility index (Phi) is 13.0. The van der Waals surface area contributed by atoms with Crippen LogP contribution in [-0.2, 0) is 25.5 Å². The zero-order chi connectivity index (χ0) is 45.5. The molecule has 0 saturated heterocycles. The second-order valence-corrected chi connectivity index (χ2v) is 17.5. The van der Waals surface area contributed by atoms with E-state index in [-0.39, 0.29) is 37.5 Å². The smallest absolute Gasteiger partial charge is 0.390 e. The predicted octanol–water partition coefficient (Wildman–Crippen LogP) is 16.4. The summed E-state index contributed by atoms with van der Waals surface area (Å²) in [5.74, 6) is 1.39. The average molecular weight is 1050 g/mol. The minimum atomic E-state index is -4.28. The van der Waals surface area contributed by atoms with E-state index in [0.717, 1.165) is 58.2 Å². The molecule has 10 aromatic rings. The van der Waals surface area contributed by atoms with Gasteiger partial charge < -0.3 is 14.0 Å². The molecule has 0 bridgehead atoms. The van der Waals surface area contributed by atoms with E-state index in [1.807, 2.05) is 24.3 Å². The summed E-state index contributed by atoms with van der Waals surface area (Å²) in [6.45, 7) is 11.5. The number of rotatable bonds is 8.